The summed E-state index contributed by atoms with van der Waals surface area (Å²) in [5.74, 6) is 0.163. The van der Waals surface area contributed by atoms with E-state index in [1.807, 2.05) is 6.92 Å². The van der Waals surface area contributed by atoms with Crippen molar-refractivity contribution >= 4 is 7.37 Å². The van der Waals surface area contributed by atoms with E-state index in [-0.39, 0.29) is 5.92 Å². The van der Waals surface area contributed by atoms with Gasteiger partial charge in [-0.25, -0.2) is 0 Å². The first kappa shape index (κ1) is 10.2. The van der Waals surface area contributed by atoms with Crippen LogP contribution in [-0.4, -0.2) is 23.8 Å². The van der Waals surface area contributed by atoms with Crippen LogP contribution in [0.4, 0.5) is 0 Å². The van der Waals surface area contributed by atoms with Crippen molar-refractivity contribution in [1.82, 2.24) is 0 Å². The van der Waals surface area contributed by atoms with Crippen LogP contribution >= 0.6 is 7.37 Å². The molecule has 0 aliphatic rings. The summed E-state index contributed by atoms with van der Waals surface area (Å²) in [5.41, 5.74) is 5.30. The fourth-order valence-electron chi connectivity index (χ4n) is 0.691. The summed E-state index contributed by atoms with van der Waals surface area (Å²) in [5, 5.41) is 0. The topological polar surface area (TPSA) is 63.3 Å². The Morgan fingerprint density at radius 1 is 1.70 bits per heavy atom. The van der Waals surface area contributed by atoms with Crippen LogP contribution in [0.5, 0.6) is 0 Å². The molecule has 2 atom stereocenters. The van der Waals surface area contributed by atoms with Gasteiger partial charge in [-0.1, -0.05) is 13.8 Å². The fourth-order valence-corrected chi connectivity index (χ4v) is 2.07. The van der Waals surface area contributed by atoms with Gasteiger partial charge in [0.25, 0.3) is 0 Å². The molecule has 0 amide bonds. The highest BCUT2D eigenvalue weighted by molar-refractivity contribution is 7.57. The van der Waals surface area contributed by atoms with Crippen molar-refractivity contribution in [2.75, 3.05) is 18.9 Å². The van der Waals surface area contributed by atoms with Gasteiger partial charge in [-0.05, 0) is 12.5 Å². The molecule has 0 fully saturated rings. The average Bonchev–Trinajstić information content (AvgIpc) is 1.87. The van der Waals surface area contributed by atoms with Crippen molar-refractivity contribution in [2.45, 2.75) is 13.8 Å². The average molecular weight is 165 g/mol. The Kier molecular flexibility index (Phi) is 4.18. The third kappa shape index (κ3) is 4.04. The van der Waals surface area contributed by atoms with Crippen LogP contribution in [0.25, 0.3) is 0 Å². The van der Waals surface area contributed by atoms with Gasteiger partial charge in [-0.2, -0.15) is 0 Å². The zero-order valence-electron chi connectivity index (χ0n) is 6.58. The van der Waals surface area contributed by atoms with E-state index < -0.39 is 7.37 Å². The molecule has 0 aromatic rings. The molecule has 0 saturated heterocycles. The molecule has 62 valence electrons. The number of nitrogens with two attached hydrogens (primary N) is 1. The Hall–Kier alpha value is 0.150. The minimum Gasteiger partial charge on any atom is -0.344 e. The molecule has 0 radical (unpaired) electrons. The van der Waals surface area contributed by atoms with Crippen molar-refractivity contribution < 1.29 is 9.46 Å². The van der Waals surface area contributed by atoms with Gasteiger partial charge in [0.2, 0.25) is 7.37 Å². The van der Waals surface area contributed by atoms with Crippen LogP contribution in [0.15, 0.2) is 0 Å². The molecule has 0 aliphatic carbocycles. The first-order chi connectivity index (χ1) is 4.52. The molecule has 0 aromatic carbocycles. The molecule has 0 bridgehead atoms. The quantitative estimate of drug-likeness (QED) is 0.607. The molecule has 0 saturated carbocycles. The summed E-state index contributed by atoms with van der Waals surface area (Å²) < 4.78 is 11.1. The SMILES string of the molecule is CCP(=O)(O)CC(C)CN. The number of hydrogen-bond acceptors (Lipinski definition) is 2. The van der Waals surface area contributed by atoms with Crippen molar-refractivity contribution in [3.05, 3.63) is 0 Å². The first-order valence-electron chi connectivity index (χ1n) is 3.52. The molecule has 10 heavy (non-hydrogen) atoms. The molecule has 2 unspecified atom stereocenters. The molecular formula is C6H16NO2P. The Bertz CT molecular complexity index is 138. The van der Waals surface area contributed by atoms with Gasteiger partial charge in [-0.15, -0.1) is 0 Å². The van der Waals surface area contributed by atoms with Gasteiger partial charge in [0.15, 0.2) is 0 Å². The lowest BCUT2D eigenvalue weighted by molar-refractivity contribution is 0.467. The highest BCUT2D eigenvalue weighted by Gasteiger charge is 2.17. The lowest BCUT2D eigenvalue weighted by Gasteiger charge is -2.12. The Balaban J connectivity index is 3.77. The van der Waals surface area contributed by atoms with Crippen LogP contribution in [0.3, 0.4) is 0 Å². The normalized spacial score (nSPS) is 20.0. The van der Waals surface area contributed by atoms with Crippen LogP contribution < -0.4 is 5.73 Å². The fraction of sp³-hybridized carbons (Fsp3) is 1.00. The predicted octanol–water partition coefficient (Wildman–Crippen LogP) is 0.871. The second kappa shape index (κ2) is 4.12. The van der Waals surface area contributed by atoms with Gasteiger partial charge in [0.1, 0.15) is 0 Å². The minimum atomic E-state index is -2.83. The summed E-state index contributed by atoms with van der Waals surface area (Å²) in [6.45, 7) is 4.10. The molecule has 0 spiro atoms. The van der Waals surface area contributed by atoms with Crippen molar-refractivity contribution in [3.8, 4) is 0 Å². The lowest BCUT2D eigenvalue weighted by Crippen LogP contribution is -2.15. The standard InChI is InChI=1S/C6H16NO2P/c1-3-10(8,9)5-6(2)4-7/h6H,3-5,7H2,1-2H3,(H,8,9). The summed E-state index contributed by atoms with van der Waals surface area (Å²) in [6, 6.07) is 0. The van der Waals surface area contributed by atoms with Gasteiger partial charge in [-0.3, -0.25) is 4.57 Å². The van der Waals surface area contributed by atoms with Gasteiger partial charge < -0.3 is 10.6 Å². The Morgan fingerprint density at radius 2 is 2.20 bits per heavy atom. The smallest absolute Gasteiger partial charge is 0.200 e. The molecule has 3 N–H and O–H groups in total. The van der Waals surface area contributed by atoms with Crippen molar-refractivity contribution in [3.63, 3.8) is 0 Å². The summed E-state index contributed by atoms with van der Waals surface area (Å²) in [6.07, 6.45) is 0.720. The van der Waals surface area contributed by atoms with Crippen molar-refractivity contribution in [1.29, 1.82) is 0 Å². The zero-order chi connectivity index (χ0) is 8.20. The Morgan fingerprint density at radius 3 is 2.50 bits per heavy atom. The zero-order valence-corrected chi connectivity index (χ0v) is 7.47. The molecule has 0 rings (SSSR count). The highest BCUT2D eigenvalue weighted by Crippen LogP contribution is 2.41. The van der Waals surface area contributed by atoms with E-state index in [2.05, 4.69) is 0 Å². The van der Waals surface area contributed by atoms with Gasteiger partial charge >= 0.3 is 0 Å². The Labute approximate surface area is 62.1 Å². The maximum absolute atomic E-state index is 11.1. The van der Waals surface area contributed by atoms with E-state index in [4.69, 9.17) is 10.6 Å². The summed E-state index contributed by atoms with van der Waals surface area (Å²) in [4.78, 5) is 9.12. The van der Waals surface area contributed by atoms with Crippen LogP contribution in [0, 0.1) is 5.92 Å². The third-order valence-corrected chi connectivity index (χ3v) is 3.68. The summed E-state index contributed by atoms with van der Waals surface area (Å²) >= 11 is 0. The van der Waals surface area contributed by atoms with Crippen molar-refractivity contribution in [2.24, 2.45) is 11.7 Å². The number of hydrogen-bond donors (Lipinski definition) is 2. The molecule has 0 aliphatic heterocycles. The van der Waals surface area contributed by atoms with E-state index in [0.717, 1.165) is 0 Å². The maximum atomic E-state index is 11.1. The largest absolute Gasteiger partial charge is 0.344 e. The third-order valence-electron chi connectivity index (χ3n) is 1.49. The molecule has 3 nitrogen and oxygen atoms in total. The molecule has 4 heteroatoms. The van der Waals surface area contributed by atoms with Gasteiger partial charge in [0.05, 0.1) is 0 Å². The lowest BCUT2D eigenvalue weighted by atomic mass is 10.2. The number of rotatable bonds is 4. The van der Waals surface area contributed by atoms with E-state index in [1.54, 1.807) is 6.92 Å². The molecule has 0 aromatic heterocycles. The first-order valence-corrected chi connectivity index (χ1v) is 5.55. The van der Waals surface area contributed by atoms with Crippen LogP contribution in [-0.2, 0) is 4.57 Å². The van der Waals surface area contributed by atoms with E-state index in [1.165, 1.54) is 0 Å². The van der Waals surface area contributed by atoms with E-state index in [0.29, 0.717) is 18.9 Å². The van der Waals surface area contributed by atoms with Gasteiger partial charge in [0, 0.05) is 12.3 Å². The minimum absolute atomic E-state index is 0.163. The maximum Gasteiger partial charge on any atom is 0.200 e. The predicted molar refractivity (Wildman–Crippen MR) is 43.5 cm³/mol. The monoisotopic (exact) mass is 165 g/mol. The van der Waals surface area contributed by atoms with E-state index >= 15 is 0 Å². The van der Waals surface area contributed by atoms with E-state index in [9.17, 15) is 4.57 Å². The summed E-state index contributed by atoms with van der Waals surface area (Å²) in [7, 11) is -2.83. The highest BCUT2D eigenvalue weighted by atomic mass is 31.2. The van der Waals surface area contributed by atoms with Crippen LogP contribution in [0.1, 0.15) is 13.8 Å². The molecular weight excluding hydrogens is 149 g/mol. The second-order valence-electron chi connectivity index (χ2n) is 2.69. The van der Waals surface area contributed by atoms with Crippen LogP contribution in [0.2, 0.25) is 0 Å². The molecule has 0 heterocycles. The second-order valence-corrected chi connectivity index (χ2v) is 5.38.